The molecule has 0 heterocycles. The Balaban J connectivity index is 3.26. The zero-order valence-electron chi connectivity index (χ0n) is 16.7. The summed E-state index contributed by atoms with van der Waals surface area (Å²) in [7, 11) is 1.27. The van der Waals surface area contributed by atoms with Crippen LogP contribution in [0.15, 0.2) is 18.2 Å². The summed E-state index contributed by atoms with van der Waals surface area (Å²) < 4.78 is 10.4. The molecule has 0 radical (unpaired) electrons. The van der Waals surface area contributed by atoms with Gasteiger partial charge in [-0.3, -0.25) is 10.1 Å². The second-order valence-corrected chi connectivity index (χ2v) is 7.70. The lowest BCUT2D eigenvalue weighted by Crippen LogP contribution is -2.39. The minimum atomic E-state index is -1.24. The van der Waals surface area contributed by atoms with Crippen molar-refractivity contribution >= 4 is 17.3 Å². The number of carbonyl (C=O) groups is 1. The largest absolute Gasteiger partial charge is 0.476 e. The van der Waals surface area contributed by atoms with Crippen LogP contribution in [0.4, 0.5) is 11.4 Å². The normalized spacial score (nSPS) is 11.6. The average molecular weight is 366 g/mol. The van der Waals surface area contributed by atoms with Gasteiger partial charge in [-0.25, -0.2) is 4.79 Å². The van der Waals surface area contributed by atoms with Gasteiger partial charge >= 0.3 is 5.97 Å². The summed E-state index contributed by atoms with van der Waals surface area (Å²) in [6.07, 6.45) is 0. The third-order valence-electron chi connectivity index (χ3n) is 3.71. The summed E-state index contributed by atoms with van der Waals surface area (Å²) in [5, 5.41) is 11.6. The first-order valence-corrected chi connectivity index (χ1v) is 8.78. The SMILES string of the molecule is COC(=O)C(C)(C)Oc1ccc(N(CC(C)C)CC(C)C)c([N+](=O)[O-])c1. The Morgan fingerprint density at radius 2 is 1.73 bits per heavy atom. The summed E-state index contributed by atoms with van der Waals surface area (Å²) >= 11 is 0. The Labute approximate surface area is 155 Å². The standard InChI is InChI=1S/C19H30N2O5/c1-13(2)11-20(12-14(3)4)16-9-8-15(10-17(16)21(23)24)26-19(5,6)18(22)25-7/h8-10,13-14H,11-12H2,1-7H3. The van der Waals surface area contributed by atoms with Crippen LogP contribution >= 0.6 is 0 Å². The molecule has 1 aromatic carbocycles. The summed E-state index contributed by atoms with van der Waals surface area (Å²) in [4.78, 5) is 25.0. The summed E-state index contributed by atoms with van der Waals surface area (Å²) in [5.74, 6) is 0.431. The van der Waals surface area contributed by atoms with Gasteiger partial charge in [0.1, 0.15) is 11.4 Å². The molecule has 0 saturated carbocycles. The van der Waals surface area contributed by atoms with Crippen LogP contribution in [0.5, 0.6) is 5.75 Å². The van der Waals surface area contributed by atoms with Crippen molar-refractivity contribution in [3.05, 3.63) is 28.3 Å². The molecule has 0 aliphatic heterocycles. The fraction of sp³-hybridized carbons (Fsp3) is 0.632. The van der Waals surface area contributed by atoms with Gasteiger partial charge in [0.2, 0.25) is 0 Å². The Morgan fingerprint density at radius 3 is 2.15 bits per heavy atom. The molecule has 0 unspecified atom stereocenters. The fourth-order valence-corrected chi connectivity index (χ4v) is 2.72. The number of anilines is 1. The minimum Gasteiger partial charge on any atom is -0.476 e. The van der Waals surface area contributed by atoms with Gasteiger partial charge in [-0.2, -0.15) is 0 Å². The van der Waals surface area contributed by atoms with Crippen LogP contribution in [0.25, 0.3) is 0 Å². The maximum atomic E-state index is 11.8. The van der Waals surface area contributed by atoms with Crippen LogP contribution in [0.1, 0.15) is 41.5 Å². The van der Waals surface area contributed by atoms with Crippen molar-refractivity contribution in [2.45, 2.75) is 47.1 Å². The molecule has 0 aromatic heterocycles. The van der Waals surface area contributed by atoms with Crippen molar-refractivity contribution in [3.63, 3.8) is 0 Å². The van der Waals surface area contributed by atoms with E-state index in [9.17, 15) is 14.9 Å². The fourth-order valence-electron chi connectivity index (χ4n) is 2.72. The van der Waals surface area contributed by atoms with Gasteiger partial charge in [-0.15, -0.1) is 0 Å². The first-order chi connectivity index (χ1) is 12.0. The molecule has 0 fully saturated rings. The molecule has 0 atom stereocenters. The van der Waals surface area contributed by atoms with E-state index in [0.29, 0.717) is 30.6 Å². The molecule has 1 rings (SSSR count). The van der Waals surface area contributed by atoms with Crippen LogP contribution < -0.4 is 9.64 Å². The van der Waals surface area contributed by atoms with Crippen LogP contribution in [0, 0.1) is 22.0 Å². The van der Waals surface area contributed by atoms with E-state index >= 15 is 0 Å². The van der Waals surface area contributed by atoms with Crippen LogP contribution in [-0.4, -0.2) is 36.7 Å². The van der Waals surface area contributed by atoms with Crippen molar-refractivity contribution in [1.29, 1.82) is 0 Å². The number of methoxy groups -OCH3 is 1. The monoisotopic (exact) mass is 366 g/mol. The highest BCUT2D eigenvalue weighted by molar-refractivity contribution is 5.79. The van der Waals surface area contributed by atoms with Crippen LogP contribution in [0.2, 0.25) is 0 Å². The number of hydrogen-bond donors (Lipinski definition) is 0. The highest BCUT2D eigenvalue weighted by atomic mass is 16.6. The smallest absolute Gasteiger partial charge is 0.349 e. The van der Waals surface area contributed by atoms with Gasteiger partial charge < -0.3 is 14.4 Å². The molecule has 0 bridgehead atoms. The number of hydrogen-bond acceptors (Lipinski definition) is 6. The van der Waals surface area contributed by atoms with E-state index in [1.165, 1.54) is 13.2 Å². The maximum absolute atomic E-state index is 11.8. The van der Waals surface area contributed by atoms with Crippen LogP contribution in [0.3, 0.4) is 0 Å². The van der Waals surface area contributed by atoms with Crippen molar-refractivity contribution in [3.8, 4) is 5.75 Å². The summed E-state index contributed by atoms with van der Waals surface area (Å²) in [6, 6.07) is 4.71. The Hall–Kier alpha value is -2.31. The van der Waals surface area contributed by atoms with Crippen molar-refractivity contribution in [2.75, 3.05) is 25.1 Å². The van der Waals surface area contributed by atoms with Gasteiger partial charge in [0, 0.05) is 13.1 Å². The second-order valence-electron chi connectivity index (χ2n) is 7.70. The second kappa shape index (κ2) is 8.87. The molecule has 0 saturated heterocycles. The lowest BCUT2D eigenvalue weighted by atomic mass is 10.1. The number of rotatable bonds is 9. The quantitative estimate of drug-likeness (QED) is 0.373. The number of nitrogens with zero attached hydrogens (tertiary/aromatic N) is 2. The molecule has 0 N–H and O–H groups in total. The number of nitro groups is 1. The molecule has 7 nitrogen and oxygen atoms in total. The van der Waals surface area contributed by atoms with Crippen LogP contribution in [-0.2, 0) is 9.53 Å². The summed E-state index contributed by atoms with van der Waals surface area (Å²) in [6.45, 7) is 12.9. The third kappa shape index (κ3) is 5.89. The van der Waals surface area contributed by atoms with E-state index in [-0.39, 0.29) is 11.4 Å². The average Bonchev–Trinajstić information content (AvgIpc) is 2.51. The molecule has 0 amide bonds. The Morgan fingerprint density at radius 1 is 1.19 bits per heavy atom. The first-order valence-electron chi connectivity index (χ1n) is 8.78. The van der Waals surface area contributed by atoms with E-state index in [1.54, 1.807) is 26.0 Å². The zero-order valence-corrected chi connectivity index (χ0v) is 16.7. The van der Waals surface area contributed by atoms with Gasteiger partial charge in [0.15, 0.2) is 5.60 Å². The van der Waals surface area contributed by atoms with E-state index in [0.717, 1.165) is 0 Å². The summed E-state index contributed by atoms with van der Waals surface area (Å²) in [5.41, 5.74) is -0.718. The number of esters is 1. The highest BCUT2D eigenvalue weighted by Crippen LogP contribution is 2.34. The third-order valence-corrected chi connectivity index (χ3v) is 3.71. The van der Waals surface area contributed by atoms with Gasteiger partial charge in [0.25, 0.3) is 5.69 Å². The molecule has 146 valence electrons. The predicted molar refractivity (Wildman–Crippen MR) is 102 cm³/mol. The van der Waals surface area contributed by atoms with Crippen molar-refractivity contribution in [2.24, 2.45) is 11.8 Å². The Kier molecular flexibility index (Phi) is 7.41. The first kappa shape index (κ1) is 21.7. The van der Waals surface area contributed by atoms with Gasteiger partial charge in [0.05, 0.1) is 18.1 Å². The molecular formula is C19H30N2O5. The van der Waals surface area contributed by atoms with Gasteiger partial charge in [-0.05, 0) is 37.8 Å². The predicted octanol–water partition coefficient (Wildman–Crippen LogP) is 4.04. The number of benzene rings is 1. The minimum absolute atomic E-state index is 0.0375. The van der Waals surface area contributed by atoms with Crippen molar-refractivity contribution in [1.82, 2.24) is 0 Å². The van der Waals surface area contributed by atoms with E-state index in [1.807, 2.05) is 4.90 Å². The number of nitro benzene ring substituents is 1. The molecule has 0 aliphatic carbocycles. The van der Waals surface area contributed by atoms with E-state index in [2.05, 4.69) is 27.7 Å². The van der Waals surface area contributed by atoms with Crippen molar-refractivity contribution < 1.29 is 19.2 Å². The lowest BCUT2D eigenvalue weighted by molar-refractivity contribution is -0.384. The Bertz CT molecular complexity index is 631. The molecule has 0 spiro atoms. The number of carbonyl (C=O) groups excluding carboxylic acids is 1. The maximum Gasteiger partial charge on any atom is 0.349 e. The molecule has 7 heteroatoms. The lowest BCUT2D eigenvalue weighted by Gasteiger charge is -2.29. The van der Waals surface area contributed by atoms with E-state index < -0.39 is 16.5 Å². The molecule has 0 aliphatic rings. The van der Waals surface area contributed by atoms with Gasteiger partial charge in [-0.1, -0.05) is 27.7 Å². The van der Waals surface area contributed by atoms with E-state index in [4.69, 9.17) is 9.47 Å². The zero-order chi connectivity index (χ0) is 20.1. The molecular weight excluding hydrogens is 336 g/mol. The number of ether oxygens (including phenoxy) is 2. The topological polar surface area (TPSA) is 81.9 Å². The molecule has 26 heavy (non-hydrogen) atoms. The molecule has 1 aromatic rings. The highest BCUT2D eigenvalue weighted by Gasteiger charge is 2.32.